The number of hydrogen-bond acceptors (Lipinski definition) is 4. The Labute approximate surface area is 176 Å². The Balaban J connectivity index is 1.83. The molecular weight excluding hydrogens is 415 g/mol. The van der Waals surface area contributed by atoms with E-state index in [1.54, 1.807) is 54.6 Å². The van der Waals surface area contributed by atoms with Crippen molar-refractivity contribution >= 4 is 34.8 Å². The van der Waals surface area contributed by atoms with E-state index in [1.807, 2.05) is 0 Å². The van der Waals surface area contributed by atoms with E-state index in [4.69, 9.17) is 23.2 Å². The standard InChI is InChI=1S/C21H14Cl2N2O4/c22-15-8-6-14(7-9-15)21(27)19-17(2-1-3-18(19)23)20(26)24(21)12-13-4-10-16(11-5-13)25(28)29/h1-11,27H,12H2. The molecule has 1 aliphatic heterocycles. The van der Waals surface area contributed by atoms with E-state index in [2.05, 4.69) is 0 Å². The maximum atomic E-state index is 13.2. The molecule has 0 saturated carbocycles. The summed E-state index contributed by atoms with van der Waals surface area (Å²) in [4.78, 5) is 24.8. The van der Waals surface area contributed by atoms with Gasteiger partial charge in [0.1, 0.15) is 0 Å². The summed E-state index contributed by atoms with van der Waals surface area (Å²) in [7, 11) is 0. The van der Waals surface area contributed by atoms with Gasteiger partial charge in [0.15, 0.2) is 5.72 Å². The van der Waals surface area contributed by atoms with Crippen LogP contribution < -0.4 is 0 Å². The lowest BCUT2D eigenvalue weighted by Crippen LogP contribution is -2.44. The summed E-state index contributed by atoms with van der Waals surface area (Å²) < 4.78 is 0. The van der Waals surface area contributed by atoms with Crippen LogP contribution in [0, 0.1) is 10.1 Å². The number of rotatable bonds is 4. The number of halogens is 2. The smallest absolute Gasteiger partial charge is 0.269 e. The summed E-state index contributed by atoms with van der Waals surface area (Å²) in [6, 6.07) is 17.2. The molecule has 6 nitrogen and oxygen atoms in total. The second kappa shape index (κ2) is 7.15. The third kappa shape index (κ3) is 3.15. The number of hydrogen-bond donors (Lipinski definition) is 1. The van der Waals surface area contributed by atoms with Gasteiger partial charge in [0.25, 0.3) is 11.6 Å². The minimum absolute atomic E-state index is 0.0287. The summed E-state index contributed by atoms with van der Waals surface area (Å²) in [6.07, 6.45) is 0. The number of non-ortho nitro benzene ring substituents is 1. The molecule has 0 aromatic heterocycles. The molecule has 3 aromatic rings. The first kappa shape index (κ1) is 19.4. The lowest BCUT2D eigenvalue weighted by atomic mass is 9.93. The van der Waals surface area contributed by atoms with Gasteiger partial charge in [-0.2, -0.15) is 0 Å². The van der Waals surface area contributed by atoms with Gasteiger partial charge < -0.3 is 5.11 Å². The van der Waals surface area contributed by atoms with Crippen LogP contribution in [0.2, 0.25) is 10.0 Å². The molecule has 0 radical (unpaired) electrons. The minimum Gasteiger partial charge on any atom is -0.363 e. The predicted molar refractivity (Wildman–Crippen MR) is 109 cm³/mol. The Morgan fingerprint density at radius 2 is 1.66 bits per heavy atom. The molecule has 1 unspecified atom stereocenters. The van der Waals surface area contributed by atoms with Gasteiger partial charge in [0, 0.05) is 45.4 Å². The van der Waals surface area contributed by atoms with Crippen molar-refractivity contribution in [1.82, 2.24) is 4.90 Å². The summed E-state index contributed by atoms with van der Waals surface area (Å²) >= 11 is 12.4. The zero-order valence-corrected chi connectivity index (χ0v) is 16.4. The van der Waals surface area contributed by atoms with E-state index in [-0.39, 0.29) is 17.3 Å². The van der Waals surface area contributed by atoms with Crippen LogP contribution in [0.1, 0.15) is 27.0 Å². The lowest BCUT2D eigenvalue weighted by Gasteiger charge is -2.35. The molecule has 3 aromatic carbocycles. The van der Waals surface area contributed by atoms with Gasteiger partial charge in [-0.15, -0.1) is 0 Å². The molecule has 0 saturated heterocycles. The maximum Gasteiger partial charge on any atom is 0.269 e. The van der Waals surface area contributed by atoms with Gasteiger partial charge in [-0.05, 0) is 29.8 Å². The molecule has 146 valence electrons. The van der Waals surface area contributed by atoms with Crippen LogP contribution in [0.15, 0.2) is 66.7 Å². The lowest BCUT2D eigenvalue weighted by molar-refractivity contribution is -0.384. The number of nitro groups is 1. The summed E-state index contributed by atoms with van der Waals surface area (Å²) in [5, 5.41) is 23.4. The van der Waals surface area contributed by atoms with E-state index >= 15 is 0 Å². The van der Waals surface area contributed by atoms with Crippen molar-refractivity contribution in [3.05, 3.63) is 109 Å². The number of fused-ring (bicyclic) bond motifs is 1. The Morgan fingerprint density at radius 1 is 1.00 bits per heavy atom. The van der Waals surface area contributed by atoms with Gasteiger partial charge in [-0.3, -0.25) is 19.8 Å². The molecule has 0 fully saturated rings. The first-order valence-electron chi connectivity index (χ1n) is 8.65. The first-order valence-corrected chi connectivity index (χ1v) is 9.40. The minimum atomic E-state index is -1.81. The number of carbonyl (C=O) groups is 1. The molecule has 0 spiro atoms. The van der Waals surface area contributed by atoms with Crippen molar-refractivity contribution in [2.45, 2.75) is 12.3 Å². The van der Waals surface area contributed by atoms with Crippen LogP contribution in [-0.2, 0) is 12.3 Å². The quantitative estimate of drug-likeness (QED) is 0.479. The summed E-state index contributed by atoms with van der Waals surface area (Å²) in [6.45, 7) is 0.0287. The van der Waals surface area contributed by atoms with Crippen molar-refractivity contribution in [1.29, 1.82) is 0 Å². The fourth-order valence-corrected chi connectivity index (χ4v) is 3.99. The molecule has 29 heavy (non-hydrogen) atoms. The van der Waals surface area contributed by atoms with Crippen molar-refractivity contribution in [2.75, 3.05) is 0 Å². The molecule has 1 atom stereocenters. The highest BCUT2D eigenvalue weighted by molar-refractivity contribution is 6.32. The molecule has 0 aliphatic carbocycles. The van der Waals surface area contributed by atoms with E-state index < -0.39 is 16.6 Å². The van der Waals surface area contributed by atoms with Crippen LogP contribution in [0.4, 0.5) is 5.69 Å². The van der Waals surface area contributed by atoms with Crippen LogP contribution in [-0.4, -0.2) is 20.8 Å². The predicted octanol–water partition coefficient (Wildman–Crippen LogP) is 4.75. The van der Waals surface area contributed by atoms with Crippen molar-refractivity contribution in [3.8, 4) is 0 Å². The zero-order valence-electron chi connectivity index (χ0n) is 14.9. The highest BCUT2D eigenvalue weighted by Crippen LogP contribution is 2.46. The van der Waals surface area contributed by atoms with Crippen molar-refractivity contribution < 1.29 is 14.8 Å². The second-order valence-electron chi connectivity index (χ2n) is 6.66. The van der Waals surface area contributed by atoms with Crippen molar-refractivity contribution in [2.24, 2.45) is 0 Å². The zero-order chi connectivity index (χ0) is 20.8. The van der Waals surface area contributed by atoms with E-state index in [1.165, 1.54) is 17.0 Å². The fourth-order valence-electron chi connectivity index (χ4n) is 3.56. The van der Waals surface area contributed by atoms with Gasteiger partial charge in [-0.25, -0.2) is 0 Å². The third-order valence-electron chi connectivity index (χ3n) is 4.96. The largest absolute Gasteiger partial charge is 0.363 e. The number of carbonyl (C=O) groups excluding carboxylic acids is 1. The molecule has 1 aliphatic rings. The average molecular weight is 429 g/mol. The summed E-state index contributed by atoms with van der Waals surface area (Å²) in [5.41, 5.74) is -0.199. The molecule has 1 heterocycles. The third-order valence-corrected chi connectivity index (χ3v) is 5.53. The van der Waals surface area contributed by atoms with Crippen LogP contribution in [0.3, 0.4) is 0 Å². The molecule has 0 bridgehead atoms. The van der Waals surface area contributed by atoms with Gasteiger partial charge >= 0.3 is 0 Å². The second-order valence-corrected chi connectivity index (χ2v) is 7.50. The van der Waals surface area contributed by atoms with Gasteiger partial charge in [0.05, 0.1) is 4.92 Å². The van der Waals surface area contributed by atoms with Crippen molar-refractivity contribution in [3.63, 3.8) is 0 Å². The summed E-state index contributed by atoms with van der Waals surface area (Å²) in [5.74, 6) is -0.390. The van der Waals surface area contributed by atoms with Crippen LogP contribution in [0.25, 0.3) is 0 Å². The number of amides is 1. The molecular formula is C21H14Cl2N2O4. The number of benzene rings is 3. The van der Waals surface area contributed by atoms with E-state index in [0.717, 1.165) is 0 Å². The van der Waals surface area contributed by atoms with Gasteiger partial charge in [-0.1, -0.05) is 53.5 Å². The van der Waals surface area contributed by atoms with Crippen LogP contribution >= 0.6 is 23.2 Å². The first-order chi connectivity index (χ1) is 13.8. The maximum absolute atomic E-state index is 13.2. The molecule has 1 amide bonds. The Bertz CT molecular complexity index is 1120. The fraction of sp³-hybridized carbons (Fsp3) is 0.0952. The Kier molecular flexibility index (Phi) is 4.78. The molecule has 1 N–H and O–H groups in total. The highest BCUT2D eigenvalue weighted by atomic mass is 35.5. The van der Waals surface area contributed by atoms with E-state index in [0.29, 0.717) is 27.3 Å². The number of nitrogens with zero attached hydrogens (tertiary/aromatic N) is 2. The molecule has 4 rings (SSSR count). The highest BCUT2D eigenvalue weighted by Gasteiger charge is 2.51. The Hall–Kier alpha value is -2.93. The van der Waals surface area contributed by atoms with Gasteiger partial charge in [0.2, 0.25) is 0 Å². The number of nitro benzene ring substituents is 1. The monoisotopic (exact) mass is 428 g/mol. The van der Waals surface area contributed by atoms with E-state index in [9.17, 15) is 20.0 Å². The number of aliphatic hydroxyl groups is 1. The molecule has 8 heteroatoms. The Morgan fingerprint density at radius 3 is 2.28 bits per heavy atom. The van der Waals surface area contributed by atoms with Crippen LogP contribution in [0.5, 0.6) is 0 Å². The average Bonchev–Trinajstić information content (AvgIpc) is 2.92. The SMILES string of the molecule is O=C1c2cccc(Cl)c2C(O)(c2ccc(Cl)cc2)N1Cc1ccc([N+](=O)[O-])cc1. The normalized spacial score (nSPS) is 18.0. The topological polar surface area (TPSA) is 83.7 Å².